The van der Waals surface area contributed by atoms with Crippen LogP contribution in [0.25, 0.3) is 11.4 Å². The summed E-state index contributed by atoms with van der Waals surface area (Å²) in [6, 6.07) is 7.69. The van der Waals surface area contributed by atoms with Crippen LogP contribution in [0.15, 0.2) is 24.3 Å². The third kappa shape index (κ3) is 1.77. The number of hydrogen-bond acceptors (Lipinski definition) is 4. The molecule has 0 fully saturated rings. The van der Waals surface area contributed by atoms with Crippen LogP contribution in [-0.4, -0.2) is 21.9 Å². The number of rotatable bonds is 3. The zero-order valence-electron chi connectivity index (χ0n) is 9.34. The Morgan fingerprint density at radius 2 is 1.94 bits per heavy atom. The Balaban J connectivity index is 2.38. The van der Waals surface area contributed by atoms with E-state index in [2.05, 4.69) is 10.2 Å². The summed E-state index contributed by atoms with van der Waals surface area (Å²) in [4.78, 5) is 0. The second-order valence-electron chi connectivity index (χ2n) is 3.43. The van der Waals surface area contributed by atoms with E-state index in [1.165, 1.54) is 0 Å². The van der Waals surface area contributed by atoms with E-state index in [4.69, 9.17) is 10.5 Å². The molecule has 2 aromatic rings. The van der Waals surface area contributed by atoms with Crippen molar-refractivity contribution in [3.63, 3.8) is 0 Å². The number of nitrogens with two attached hydrogens (primary N) is 1. The highest BCUT2D eigenvalue weighted by Gasteiger charge is 2.08. The number of aromatic nitrogens is 3. The normalized spacial score (nSPS) is 10.4. The highest BCUT2D eigenvalue weighted by molar-refractivity contribution is 5.56. The molecule has 1 aromatic heterocycles. The summed E-state index contributed by atoms with van der Waals surface area (Å²) in [6.45, 7) is 0.389. The quantitative estimate of drug-likeness (QED) is 0.833. The molecule has 0 spiro atoms. The van der Waals surface area contributed by atoms with E-state index in [-0.39, 0.29) is 0 Å². The van der Waals surface area contributed by atoms with Gasteiger partial charge in [0.2, 0.25) is 0 Å². The Labute approximate surface area is 93.9 Å². The van der Waals surface area contributed by atoms with Gasteiger partial charge in [0.15, 0.2) is 5.82 Å². The van der Waals surface area contributed by atoms with Crippen molar-refractivity contribution in [3.05, 3.63) is 30.1 Å². The lowest BCUT2D eigenvalue weighted by Gasteiger charge is -2.03. The molecule has 5 heteroatoms. The first-order valence-electron chi connectivity index (χ1n) is 4.99. The summed E-state index contributed by atoms with van der Waals surface area (Å²) in [6.07, 6.45) is 0. The number of methoxy groups -OCH3 is 1. The van der Waals surface area contributed by atoms with Gasteiger partial charge in [0.25, 0.3) is 0 Å². The van der Waals surface area contributed by atoms with Gasteiger partial charge in [-0.05, 0) is 24.3 Å². The zero-order valence-corrected chi connectivity index (χ0v) is 9.34. The van der Waals surface area contributed by atoms with Crippen molar-refractivity contribution in [1.29, 1.82) is 0 Å². The molecular formula is C11H14N4O. The molecule has 0 aliphatic carbocycles. The molecule has 2 N–H and O–H groups in total. The summed E-state index contributed by atoms with van der Waals surface area (Å²) < 4.78 is 6.99. The van der Waals surface area contributed by atoms with Crippen molar-refractivity contribution in [2.75, 3.05) is 7.11 Å². The van der Waals surface area contributed by atoms with Gasteiger partial charge in [-0.1, -0.05) is 0 Å². The minimum absolute atomic E-state index is 0.389. The Hall–Kier alpha value is -1.88. The largest absolute Gasteiger partial charge is 0.497 e. The molecule has 0 aliphatic rings. The first-order valence-corrected chi connectivity index (χ1v) is 4.99. The van der Waals surface area contributed by atoms with Gasteiger partial charge >= 0.3 is 0 Å². The molecule has 0 saturated carbocycles. The molecule has 0 saturated heterocycles. The molecule has 0 unspecified atom stereocenters. The maximum absolute atomic E-state index is 5.54. The predicted octanol–water partition coefficient (Wildman–Crippen LogP) is 0.949. The molecule has 0 amide bonds. The van der Waals surface area contributed by atoms with Crippen LogP contribution >= 0.6 is 0 Å². The predicted molar refractivity (Wildman–Crippen MR) is 60.9 cm³/mol. The van der Waals surface area contributed by atoms with Gasteiger partial charge in [-0.15, -0.1) is 10.2 Å². The number of hydrogen-bond donors (Lipinski definition) is 1. The molecular weight excluding hydrogens is 204 g/mol. The highest BCUT2D eigenvalue weighted by atomic mass is 16.5. The van der Waals surface area contributed by atoms with Gasteiger partial charge in [-0.2, -0.15) is 0 Å². The highest BCUT2D eigenvalue weighted by Crippen LogP contribution is 2.20. The fourth-order valence-electron chi connectivity index (χ4n) is 1.53. The van der Waals surface area contributed by atoms with Gasteiger partial charge < -0.3 is 15.0 Å². The fraction of sp³-hybridized carbons (Fsp3) is 0.273. The molecule has 2 rings (SSSR count). The van der Waals surface area contributed by atoms with Crippen LogP contribution in [0, 0.1) is 0 Å². The average Bonchev–Trinajstić information content (AvgIpc) is 2.70. The maximum Gasteiger partial charge on any atom is 0.163 e. The van der Waals surface area contributed by atoms with Crippen molar-refractivity contribution < 1.29 is 4.74 Å². The Morgan fingerprint density at radius 1 is 1.25 bits per heavy atom. The molecule has 84 valence electrons. The van der Waals surface area contributed by atoms with E-state index in [9.17, 15) is 0 Å². The summed E-state index contributed by atoms with van der Waals surface area (Å²) in [5, 5.41) is 8.11. The van der Waals surface area contributed by atoms with Crippen LogP contribution in [0.4, 0.5) is 0 Å². The average molecular weight is 218 g/mol. The van der Waals surface area contributed by atoms with Crippen LogP contribution in [0.2, 0.25) is 0 Å². The molecule has 1 heterocycles. The van der Waals surface area contributed by atoms with Gasteiger partial charge in [-0.3, -0.25) is 0 Å². The van der Waals surface area contributed by atoms with E-state index in [0.717, 1.165) is 23.0 Å². The Kier molecular flexibility index (Phi) is 2.87. The Bertz CT molecular complexity index is 475. The lowest BCUT2D eigenvalue weighted by molar-refractivity contribution is 0.415. The van der Waals surface area contributed by atoms with Crippen LogP contribution in [0.3, 0.4) is 0 Å². The summed E-state index contributed by atoms with van der Waals surface area (Å²) in [5.74, 6) is 2.40. The van der Waals surface area contributed by atoms with Gasteiger partial charge in [0.1, 0.15) is 11.6 Å². The second-order valence-corrected chi connectivity index (χ2v) is 3.43. The molecule has 0 atom stereocenters. The first-order chi connectivity index (χ1) is 7.76. The molecule has 1 aromatic carbocycles. The monoisotopic (exact) mass is 218 g/mol. The van der Waals surface area contributed by atoms with Crippen LogP contribution < -0.4 is 10.5 Å². The minimum Gasteiger partial charge on any atom is -0.497 e. The summed E-state index contributed by atoms with van der Waals surface area (Å²) >= 11 is 0. The maximum atomic E-state index is 5.54. The first kappa shape index (κ1) is 10.6. The minimum atomic E-state index is 0.389. The molecule has 5 nitrogen and oxygen atoms in total. The second kappa shape index (κ2) is 4.32. The van der Waals surface area contributed by atoms with Crippen molar-refractivity contribution >= 4 is 0 Å². The standard InChI is InChI=1S/C11H14N4O/c1-15-10(7-12)13-14-11(15)8-3-5-9(16-2)6-4-8/h3-6H,7,12H2,1-2H3. The van der Waals surface area contributed by atoms with Gasteiger partial charge in [-0.25, -0.2) is 0 Å². The molecule has 0 aliphatic heterocycles. The van der Waals surface area contributed by atoms with Crippen molar-refractivity contribution in [2.24, 2.45) is 12.8 Å². The zero-order chi connectivity index (χ0) is 11.5. The van der Waals surface area contributed by atoms with Crippen LogP contribution in [-0.2, 0) is 13.6 Å². The molecule has 16 heavy (non-hydrogen) atoms. The third-order valence-corrected chi connectivity index (χ3v) is 2.50. The van der Waals surface area contributed by atoms with E-state index in [0.29, 0.717) is 6.54 Å². The third-order valence-electron chi connectivity index (χ3n) is 2.50. The lowest BCUT2D eigenvalue weighted by atomic mass is 10.2. The van der Waals surface area contributed by atoms with Gasteiger partial charge in [0, 0.05) is 12.6 Å². The molecule has 0 bridgehead atoms. The van der Waals surface area contributed by atoms with E-state index in [1.54, 1.807) is 7.11 Å². The number of benzene rings is 1. The van der Waals surface area contributed by atoms with Crippen molar-refractivity contribution in [2.45, 2.75) is 6.54 Å². The van der Waals surface area contributed by atoms with Crippen LogP contribution in [0.5, 0.6) is 5.75 Å². The van der Waals surface area contributed by atoms with Gasteiger partial charge in [0.05, 0.1) is 13.7 Å². The SMILES string of the molecule is COc1ccc(-c2nnc(CN)n2C)cc1. The summed E-state index contributed by atoms with van der Waals surface area (Å²) in [5.41, 5.74) is 6.54. The van der Waals surface area contributed by atoms with E-state index >= 15 is 0 Å². The van der Waals surface area contributed by atoms with E-state index < -0.39 is 0 Å². The smallest absolute Gasteiger partial charge is 0.163 e. The number of ether oxygens (including phenoxy) is 1. The van der Waals surface area contributed by atoms with Crippen molar-refractivity contribution in [3.8, 4) is 17.1 Å². The lowest BCUT2D eigenvalue weighted by Crippen LogP contribution is -2.05. The van der Waals surface area contributed by atoms with E-state index in [1.807, 2.05) is 35.9 Å². The topological polar surface area (TPSA) is 66.0 Å². The van der Waals surface area contributed by atoms with Crippen LogP contribution in [0.1, 0.15) is 5.82 Å². The number of nitrogens with zero attached hydrogens (tertiary/aromatic N) is 3. The Morgan fingerprint density at radius 3 is 2.44 bits per heavy atom. The fourth-order valence-corrected chi connectivity index (χ4v) is 1.53. The van der Waals surface area contributed by atoms with Crippen molar-refractivity contribution in [1.82, 2.24) is 14.8 Å². The molecule has 0 radical (unpaired) electrons. The summed E-state index contributed by atoms with van der Waals surface area (Å²) in [7, 11) is 3.55.